The predicted molar refractivity (Wildman–Crippen MR) is 49.5 cm³/mol. The second-order valence-electron chi connectivity index (χ2n) is 2.63. The molecular weight excluding hydrogens is 172 g/mol. The normalized spacial score (nSPS) is 12.8. The Bertz CT molecular complexity index is 237. The first-order valence-corrected chi connectivity index (χ1v) is 4.86. The van der Waals surface area contributed by atoms with E-state index < -0.39 is 0 Å². The van der Waals surface area contributed by atoms with Crippen molar-refractivity contribution in [3.05, 3.63) is 22.4 Å². The van der Waals surface area contributed by atoms with Gasteiger partial charge in [-0.05, 0) is 17.9 Å². The summed E-state index contributed by atoms with van der Waals surface area (Å²) in [6.45, 7) is 1.86. The van der Waals surface area contributed by atoms with Crippen molar-refractivity contribution in [2.75, 3.05) is 6.61 Å². The van der Waals surface area contributed by atoms with Gasteiger partial charge in [0.05, 0.1) is 11.5 Å². The summed E-state index contributed by atoms with van der Waals surface area (Å²) < 4.78 is 0. The third kappa shape index (κ3) is 1.93. The molecule has 0 saturated heterocycles. The summed E-state index contributed by atoms with van der Waals surface area (Å²) in [7, 11) is 0. The minimum absolute atomic E-state index is 0.0484. The second-order valence-corrected chi connectivity index (χ2v) is 3.58. The summed E-state index contributed by atoms with van der Waals surface area (Å²) in [6, 6.07) is 3.65. The van der Waals surface area contributed by atoms with Crippen molar-refractivity contribution in [2.24, 2.45) is 5.92 Å². The lowest BCUT2D eigenvalue weighted by molar-refractivity contribution is 0.0861. The molecule has 66 valence electrons. The average molecular weight is 184 g/mol. The van der Waals surface area contributed by atoms with E-state index in [-0.39, 0.29) is 18.3 Å². The molecular formula is C9H12O2S. The molecule has 0 spiro atoms. The van der Waals surface area contributed by atoms with Gasteiger partial charge in [0.2, 0.25) is 0 Å². The Morgan fingerprint density at radius 1 is 1.75 bits per heavy atom. The molecule has 0 aliphatic rings. The van der Waals surface area contributed by atoms with Crippen molar-refractivity contribution in [1.82, 2.24) is 0 Å². The Labute approximate surface area is 75.9 Å². The molecule has 0 aliphatic carbocycles. The first-order chi connectivity index (χ1) is 5.79. The number of thiophene rings is 1. The standard InChI is InChI=1S/C9H12O2S/c1-2-7(6-10)9(11)8-4-3-5-12-8/h3-5,7,10H,2,6H2,1H3. The molecule has 0 radical (unpaired) electrons. The molecule has 1 atom stereocenters. The van der Waals surface area contributed by atoms with Gasteiger partial charge in [0.15, 0.2) is 5.78 Å². The maximum absolute atomic E-state index is 11.5. The van der Waals surface area contributed by atoms with Gasteiger partial charge >= 0.3 is 0 Å². The fraction of sp³-hybridized carbons (Fsp3) is 0.444. The molecule has 3 heteroatoms. The van der Waals surface area contributed by atoms with E-state index in [2.05, 4.69) is 0 Å². The van der Waals surface area contributed by atoms with Crippen LogP contribution in [0.2, 0.25) is 0 Å². The number of carbonyl (C=O) groups is 1. The van der Waals surface area contributed by atoms with Crippen molar-refractivity contribution in [3.63, 3.8) is 0 Å². The van der Waals surface area contributed by atoms with Crippen molar-refractivity contribution in [3.8, 4) is 0 Å². The Balaban J connectivity index is 2.70. The highest BCUT2D eigenvalue weighted by atomic mass is 32.1. The zero-order valence-electron chi connectivity index (χ0n) is 6.99. The van der Waals surface area contributed by atoms with E-state index in [1.54, 1.807) is 6.07 Å². The molecule has 0 fully saturated rings. The largest absolute Gasteiger partial charge is 0.396 e. The van der Waals surface area contributed by atoms with E-state index in [0.717, 1.165) is 4.88 Å². The SMILES string of the molecule is CCC(CO)C(=O)c1cccs1. The Morgan fingerprint density at radius 3 is 2.92 bits per heavy atom. The molecule has 0 aliphatic heterocycles. The zero-order valence-corrected chi connectivity index (χ0v) is 7.80. The van der Waals surface area contributed by atoms with Crippen molar-refractivity contribution < 1.29 is 9.90 Å². The van der Waals surface area contributed by atoms with E-state index in [1.165, 1.54) is 11.3 Å². The highest BCUT2D eigenvalue weighted by Crippen LogP contribution is 2.16. The van der Waals surface area contributed by atoms with E-state index in [4.69, 9.17) is 5.11 Å². The van der Waals surface area contributed by atoms with Crippen LogP contribution in [0.3, 0.4) is 0 Å². The third-order valence-corrected chi connectivity index (χ3v) is 2.73. The average Bonchev–Trinajstić information content (AvgIpc) is 2.58. The molecule has 0 aromatic carbocycles. The number of ketones is 1. The molecule has 0 amide bonds. The van der Waals surface area contributed by atoms with Gasteiger partial charge in [0.25, 0.3) is 0 Å². The maximum atomic E-state index is 11.5. The molecule has 1 rings (SSSR count). The summed E-state index contributed by atoms with van der Waals surface area (Å²) in [5, 5.41) is 10.8. The van der Waals surface area contributed by atoms with E-state index in [1.807, 2.05) is 18.4 Å². The quantitative estimate of drug-likeness (QED) is 0.726. The lowest BCUT2D eigenvalue weighted by Gasteiger charge is -2.07. The molecule has 0 bridgehead atoms. The van der Waals surface area contributed by atoms with Gasteiger partial charge in [-0.15, -0.1) is 11.3 Å². The van der Waals surface area contributed by atoms with Crippen LogP contribution in [-0.4, -0.2) is 17.5 Å². The van der Waals surface area contributed by atoms with Crippen LogP contribution < -0.4 is 0 Å². The molecule has 1 heterocycles. The lowest BCUT2D eigenvalue weighted by Crippen LogP contribution is -2.16. The lowest BCUT2D eigenvalue weighted by atomic mass is 10.0. The zero-order chi connectivity index (χ0) is 8.97. The summed E-state index contributed by atoms with van der Waals surface area (Å²) in [5.41, 5.74) is 0. The Morgan fingerprint density at radius 2 is 2.50 bits per heavy atom. The van der Waals surface area contributed by atoms with Crippen LogP contribution in [0.25, 0.3) is 0 Å². The van der Waals surface area contributed by atoms with Crippen LogP contribution in [0.1, 0.15) is 23.0 Å². The Hall–Kier alpha value is -0.670. The fourth-order valence-corrected chi connectivity index (χ4v) is 1.76. The summed E-state index contributed by atoms with van der Waals surface area (Å²) in [4.78, 5) is 12.3. The smallest absolute Gasteiger partial charge is 0.178 e. The van der Waals surface area contributed by atoms with Gasteiger partial charge in [0, 0.05) is 5.92 Å². The third-order valence-electron chi connectivity index (χ3n) is 1.85. The van der Waals surface area contributed by atoms with Gasteiger partial charge < -0.3 is 5.11 Å². The number of rotatable bonds is 4. The number of Topliss-reactive ketones (excluding diaryl/α,β-unsaturated/α-hetero) is 1. The minimum atomic E-state index is -0.219. The van der Waals surface area contributed by atoms with Crippen molar-refractivity contribution in [1.29, 1.82) is 0 Å². The number of hydrogen-bond donors (Lipinski definition) is 1. The second kappa shape index (κ2) is 4.38. The number of aliphatic hydroxyl groups is 1. The highest BCUT2D eigenvalue weighted by Gasteiger charge is 2.17. The maximum Gasteiger partial charge on any atom is 0.178 e. The molecule has 1 aromatic heterocycles. The molecule has 0 saturated carbocycles. The fourth-order valence-electron chi connectivity index (χ4n) is 1.02. The van der Waals surface area contributed by atoms with Crippen LogP contribution in [0.5, 0.6) is 0 Å². The molecule has 1 N–H and O–H groups in total. The molecule has 2 nitrogen and oxygen atoms in total. The molecule has 1 unspecified atom stereocenters. The first kappa shape index (κ1) is 9.42. The van der Waals surface area contributed by atoms with Crippen LogP contribution in [0, 0.1) is 5.92 Å². The van der Waals surface area contributed by atoms with Crippen LogP contribution in [0.4, 0.5) is 0 Å². The molecule has 1 aromatic rings. The Kier molecular flexibility index (Phi) is 3.44. The van der Waals surface area contributed by atoms with Crippen LogP contribution >= 0.6 is 11.3 Å². The van der Waals surface area contributed by atoms with E-state index in [9.17, 15) is 4.79 Å². The first-order valence-electron chi connectivity index (χ1n) is 3.98. The summed E-state index contributed by atoms with van der Waals surface area (Å²) in [6.07, 6.45) is 0.702. The van der Waals surface area contributed by atoms with Gasteiger partial charge in [-0.3, -0.25) is 4.79 Å². The van der Waals surface area contributed by atoms with Gasteiger partial charge in [-0.2, -0.15) is 0 Å². The van der Waals surface area contributed by atoms with Gasteiger partial charge in [-0.1, -0.05) is 13.0 Å². The van der Waals surface area contributed by atoms with E-state index >= 15 is 0 Å². The number of carbonyl (C=O) groups excluding carboxylic acids is 1. The van der Waals surface area contributed by atoms with Crippen molar-refractivity contribution >= 4 is 17.1 Å². The summed E-state index contributed by atoms with van der Waals surface area (Å²) in [5.74, 6) is -0.154. The van der Waals surface area contributed by atoms with E-state index in [0.29, 0.717) is 6.42 Å². The number of aliphatic hydroxyl groups excluding tert-OH is 1. The van der Waals surface area contributed by atoms with Gasteiger partial charge in [0.1, 0.15) is 0 Å². The highest BCUT2D eigenvalue weighted by molar-refractivity contribution is 7.12. The number of hydrogen-bond acceptors (Lipinski definition) is 3. The van der Waals surface area contributed by atoms with Crippen molar-refractivity contribution in [2.45, 2.75) is 13.3 Å². The van der Waals surface area contributed by atoms with Crippen LogP contribution in [-0.2, 0) is 0 Å². The topological polar surface area (TPSA) is 37.3 Å². The van der Waals surface area contributed by atoms with Crippen LogP contribution in [0.15, 0.2) is 17.5 Å². The summed E-state index contributed by atoms with van der Waals surface area (Å²) >= 11 is 1.43. The van der Waals surface area contributed by atoms with Gasteiger partial charge in [-0.25, -0.2) is 0 Å². The molecule has 12 heavy (non-hydrogen) atoms. The monoisotopic (exact) mass is 184 g/mol. The minimum Gasteiger partial charge on any atom is -0.396 e. The predicted octanol–water partition coefficient (Wildman–Crippen LogP) is 1.95.